The second-order valence-corrected chi connectivity index (χ2v) is 13.5. The van der Waals surface area contributed by atoms with Gasteiger partial charge in [0.2, 0.25) is 0 Å². The van der Waals surface area contributed by atoms with Crippen molar-refractivity contribution < 1.29 is 58.9 Å². The van der Waals surface area contributed by atoms with Gasteiger partial charge in [-0.15, -0.1) is 5.19 Å². The van der Waals surface area contributed by atoms with E-state index < -0.39 is 8.07 Å². The van der Waals surface area contributed by atoms with Gasteiger partial charge in [-0.2, -0.15) is 22.3 Å². The minimum Gasteiger partial charge on any atom is -1.00 e. The molecule has 0 aliphatic heterocycles. The van der Waals surface area contributed by atoms with Crippen LogP contribution in [0.25, 0.3) is 0 Å². The summed E-state index contributed by atoms with van der Waals surface area (Å²) in [4.78, 5) is 0. The van der Waals surface area contributed by atoms with Crippen LogP contribution in [0.2, 0.25) is 0 Å². The van der Waals surface area contributed by atoms with E-state index in [2.05, 4.69) is 122 Å². The first-order chi connectivity index (χ1) is 15.2. The molecule has 0 bridgehead atoms. The quantitative estimate of drug-likeness (QED) is 0.131. The number of hydrogen-bond acceptors (Lipinski definition) is 0. The van der Waals surface area contributed by atoms with Crippen molar-refractivity contribution in [3.05, 3.63) is 111 Å². The molecule has 0 amide bonds. The summed E-state index contributed by atoms with van der Waals surface area (Å²) < 4.78 is 0. The molecule has 4 aromatic carbocycles. The van der Waals surface area contributed by atoms with Crippen molar-refractivity contribution in [2.75, 3.05) is 0 Å². The molecule has 5 heteroatoms. The topological polar surface area (TPSA) is 0 Å². The Kier molecular flexibility index (Phi) is 13.1. The van der Waals surface area contributed by atoms with Crippen molar-refractivity contribution >= 4 is 28.8 Å². The van der Waals surface area contributed by atoms with Crippen LogP contribution in [0.3, 0.4) is 0 Å². The second kappa shape index (κ2) is 13.6. The smallest absolute Gasteiger partial charge is 1.00 e. The number of rotatable bonds is 4. The SMILES string of the molecule is Cc1cccc([Si](c2cccc(C)c2)(c2cc(C)cc(C)c2)[c-]2c(C)c(C)c(C)c2C)c1.[Cl-].[Cl-].[Cl-].[Ti+4]. The maximum atomic E-state index is 2.46. The molecule has 0 atom stereocenters. The normalized spacial score (nSPS) is 10.4. The number of aryl methyl sites for hydroxylation is 4. The zero-order valence-electron chi connectivity index (χ0n) is 22.5. The largest absolute Gasteiger partial charge is 4.00 e. The van der Waals surface area contributed by atoms with Crippen LogP contribution in [0.15, 0.2) is 66.7 Å². The van der Waals surface area contributed by atoms with Gasteiger partial charge in [-0.05, 0) is 27.7 Å². The predicted molar refractivity (Wildman–Crippen MR) is 144 cm³/mol. The Morgan fingerprint density at radius 1 is 0.472 bits per heavy atom. The van der Waals surface area contributed by atoms with E-state index in [-0.39, 0.29) is 58.9 Å². The zero-order chi connectivity index (χ0) is 23.2. The Morgan fingerprint density at radius 2 is 0.833 bits per heavy atom. The Labute approximate surface area is 252 Å². The van der Waals surface area contributed by atoms with Crippen LogP contribution in [0.5, 0.6) is 0 Å². The number of hydrogen-bond donors (Lipinski definition) is 0. The fraction of sp³-hybridized carbons (Fsp3) is 0.258. The summed E-state index contributed by atoms with van der Waals surface area (Å²) in [5, 5.41) is 6.02. The molecule has 0 unspecified atom stereocenters. The summed E-state index contributed by atoms with van der Waals surface area (Å²) in [5.74, 6) is 0. The van der Waals surface area contributed by atoms with Crippen molar-refractivity contribution in [1.82, 2.24) is 0 Å². The van der Waals surface area contributed by atoms with Gasteiger partial charge >= 0.3 is 21.7 Å². The van der Waals surface area contributed by atoms with E-state index in [0.717, 1.165) is 0 Å². The van der Waals surface area contributed by atoms with Gasteiger partial charge in [-0.3, -0.25) is 0 Å². The van der Waals surface area contributed by atoms with Crippen molar-refractivity contribution in [3.63, 3.8) is 0 Å². The van der Waals surface area contributed by atoms with Crippen molar-refractivity contribution in [2.24, 2.45) is 0 Å². The summed E-state index contributed by atoms with van der Waals surface area (Å²) in [6.07, 6.45) is 0. The molecule has 4 aromatic rings. The molecule has 0 fully saturated rings. The van der Waals surface area contributed by atoms with E-state index in [1.807, 2.05) is 0 Å². The molecule has 0 aliphatic rings. The molecule has 0 aliphatic carbocycles. The summed E-state index contributed by atoms with van der Waals surface area (Å²) in [6.45, 7) is 18.2. The van der Waals surface area contributed by atoms with Crippen molar-refractivity contribution in [3.8, 4) is 0 Å². The van der Waals surface area contributed by atoms with Gasteiger partial charge in [0.15, 0.2) is 0 Å². The number of benzene rings is 3. The molecule has 0 N–H and O–H groups in total. The fourth-order valence-corrected chi connectivity index (χ4v) is 11.5. The average Bonchev–Trinajstić information content (AvgIpc) is 2.92. The van der Waals surface area contributed by atoms with Crippen LogP contribution in [0.4, 0.5) is 0 Å². The number of halogens is 3. The Morgan fingerprint density at radius 3 is 1.19 bits per heavy atom. The molecular formula is C31H35Cl3SiTi. The Balaban J connectivity index is 0.00000306. The van der Waals surface area contributed by atoms with Gasteiger partial charge < -0.3 is 37.2 Å². The average molecular weight is 590 g/mol. The van der Waals surface area contributed by atoms with E-state index in [1.54, 1.807) is 5.19 Å². The zero-order valence-corrected chi connectivity index (χ0v) is 27.3. The molecule has 0 heterocycles. The van der Waals surface area contributed by atoms with Gasteiger partial charge in [0.1, 0.15) is 8.07 Å². The van der Waals surface area contributed by atoms with E-state index in [4.69, 9.17) is 0 Å². The minimum absolute atomic E-state index is 0. The van der Waals surface area contributed by atoms with Gasteiger partial charge in [0.25, 0.3) is 0 Å². The van der Waals surface area contributed by atoms with E-state index in [0.29, 0.717) is 0 Å². The van der Waals surface area contributed by atoms with E-state index >= 15 is 0 Å². The van der Waals surface area contributed by atoms with E-state index in [1.165, 1.54) is 60.1 Å². The predicted octanol–water partition coefficient (Wildman–Crippen LogP) is -3.74. The van der Waals surface area contributed by atoms with Crippen molar-refractivity contribution in [2.45, 2.75) is 55.4 Å². The molecule has 0 spiro atoms. The van der Waals surface area contributed by atoms with Gasteiger partial charge in [-0.25, -0.2) is 0 Å². The van der Waals surface area contributed by atoms with Crippen LogP contribution >= 0.6 is 0 Å². The molecule has 0 aromatic heterocycles. The maximum absolute atomic E-state index is 2.53. The summed E-state index contributed by atoms with van der Waals surface area (Å²) in [5.41, 5.74) is 11.2. The first-order valence-electron chi connectivity index (χ1n) is 11.6. The fourth-order valence-electron chi connectivity index (χ4n) is 5.66. The monoisotopic (exact) mass is 588 g/mol. The first-order valence-corrected chi connectivity index (χ1v) is 13.6. The standard InChI is InChI=1S/C31H35Si.3ClH.Ti/c1-20-11-9-13-28(16-20)32(29-14-10-12-21(2)17-29,30-18-22(3)15-23(4)19-30)31-26(7)24(5)25(6)27(31)8;;;;/h9-19H,1-8H3;3*1H;/q-1;;;;+4/p-3. The van der Waals surface area contributed by atoms with Gasteiger partial charge in [0.05, 0.1) is 0 Å². The molecule has 4 rings (SSSR count). The third-order valence-corrected chi connectivity index (χ3v) is 12.4. The molecule has 36 heavy (non-hydrogen) atoms. The third-order valence-electron chi connectivity index (χ3n) is 7.37. The summed E-state index contributed by atoms with van der Waals surface area (Å²) in [6, 6.07) is 25.8. The molecule has 0 saturated heterocycles. The van der Waals surface area contributed by atoms with Crippen LogP contribution in [-0.4, -0.2) is 8.07 Å². The van der Waals surface area contributed by atoms with Gasteiger partial charge in [0, 0.05) is 0 Å². The minimum atomic E-state index is -2.53. The molecule has 188 valence electrons. The summed E-state index contributed by atoms with van der Waals surface area (Å²) in [7, 11) is -2.53. The maximum Gasteiger partial charge on any atom is 4.00 e. The second-order valence-electron chi connectivity index (χ2n) is 9.74. The Bertz CT molecular complexity index is 1230. The molecule has 0 saturated carbocycles. The molecular weight excluding hydrogens is 555 g/mol. The van der Waals surface area contributed by atoms with Crippen LogP contribution in [-0.2, 0) is 21.7 Å². The first kappa shape index (κ1) is 34.8. The van der Waals surface area contributed by atoms with E-state index in [9.17, 15) is 0 Å². The summed E-state index contributed by atoms with van der Waals surface area (Å²) >= 11 is 0. The third kappa shape index (κ3) is 5.93. The van der Waals surface area contributed by atoms with Crippen LogP contribution in [0.1, 0.15) is 44.5 Å². The molecule has 0 nitrogen and oxygen atoms in total. The van der Waals surface area contributed by atoms with Crippen LogP contribution in [0, 0.1) is 55.4 Å². The molecule has 0 radical (unpaired) electrons. The van der Waals surface area contributed by atoms with Gasteiger partial charge in [-0.1, -0.05) is 132 Å². The Hall–Kier alpha value is -1.19. The van der Waals surface area contributed by atoms with Crippen molar-refractivity contribution in [1.29, 1.82) is 0 Å². The van der Waals surface area contributed by atoms with Crippen LogP contribution < -0.4 is 58.0 Å².